The van der Waals surface area contributed by atoms with E-state index in [1.54, 1.807) is 22.8 Å². The molecule has 0 atom stereocenters. The van der Waals surface area contributed by atoms with Crippen molar-refractivity contribution >= 4 is 37.5 Å². The molecule has 0 unspecified atom stereocenters. The number of rotatable bonds is 6. The average molecular weight is 503 g/mol. The number of ether oxygens (including phenoxy) is 1. The van der Waals surface area contributed by atoms with Crippen LogP contribution in [-0.2, 0) is 16.6 Å². The Labute approximate surface area is 204 Å². The maximum absolute atomic E-state index is 11.9. The topological polar surface area (TPSA) is 91.8 Å². The highest BCUT2D eigenvalue weighted by atomic mass is 32.2. The molecular formula is C23H30N6O3S2. The molecule has 2 saturated heterocycles. The van der Waals surface area contributed by atoms with E-state index in [0.29, 0.717) is 32.1 Å². The van der Waals surface area contributed by atoms with Crippen LogP contribution in [0.25, 0.3) is 21.5 Å². The molecule has 2 aliphatic rings. The zero-order chi connectivity index (χ0) is 23.7. The molecule has 182 valence electrons. The number of nitrogens with zero attached hydrogens (tertiary/aromatic N) is 6. The van der Waals surface area contributed by atoms with Crippen LogP contribution in [-0.4, -0.2) is 85.2 Å². The highest BCUT2D eigenvalue weighted by molar-refractivity contribution is 7.88. The molecule has 0 bridgehead atoms. The highest BCUT2D eigenvalue weighted by Crippen LogP contribution is 2.36. The molecule has 3 aromatic rings. The summed E-state index contributed by atoms with van der Waals surface area (Å²) in [7, 11) is -1.53. The molecule has 2 aliphatic heterocycles. The Morgan fingerprint density at radius 3 is 2.44 bits per heavy atom. The summed E-state index contributed by atoms with van der Waals surface area (Å²) in [6.07, 6.45) is 6.65. The van der Waals surface area contributed by atoms with E-state index in [1.165, 1.54) is 12.7 Å². The van der Waals surface area contributed by atoms with E-state index < -0.39 is 10.0 Å². The van der Waals surface area contributed by atoms with Crippen molar-refractivity contribution in [2.45, 2.75) is 25.8 Å². The first-order valence-corrected chi connectivity index (χ1v) is 14.4. The summed E-state index contributed by atoms with van der Waals surface area (Å²) >= 11 is 1.66. The Morgan fingerprint density at radius 1 is 1.03 bits per heavy atom. The first-order valence-electron chi connectivity index (χ1n) is 11.6. The predicted octanol–water partition coefficient (Wildman–Crippen LogP) is 2.83. The van der Waals surface area contributed by atoms with Crippen LogP contribution in [0.2, 0.25) is 0 Å². The molecule has 2 fully saturated rings. The van der Waals surface area contributed by atoms with Crippen LogP contribution in [0.3, 0.4) is 0 Å². The van der Waals surface area contributed by atoms with Crippen molar-refractivity contribution in [3.63, 3.8) is 0 Å². The molecule has 5 rings (SSSR count). The molecule has 0 saturated carbocycles. The maximum atomic E-state index is 11.9. The molecule has 0 aromatic carbocycles. The number of piperazine rings is 1. The lowest BCUT2D eigenvalue weighted by atomic mass is 10.1. The van der Waals surface area contributed by atoms with Gasteiger partial charge < -0.3 is 9.64 Å². The normalized spacial score (nSPS) is 18.5. The minimum absolute atomic E-state index is 0.525. The van der Waals surface area contributed by atoms with Crippen molar-refractivity contribution < 1.29 is 13.2 Å². The van der Waals surface area contributed by atoms with Gasteiger partial charge in [-0.2, -0.15) is 4.31 Å². The van der Waals surface area contributed by atoms with Crippen LogP contribution in [0, 0.1) is 0 Å². The van der Waals surface area contributed by atoms with Crippen LogP contribution >= 0.6 is 11.3 Å². The lowest BCUT2D eigenvalue weighted by Gasteiger charge is -2.33. The molecule has 0 radical (unpaired) electrons. The minimum Gasteiger partial charge on any atom is -0.481 e. The standard InChI is InChI=1S/C23H30N6O3S2/c1-32-19-7-6-17(14-24-19)20-22-21(26-23(25-20)28-8-4-3-5-9-28)18(16-33-22)15-27-10-12-29(13-11-27)34(2,30)31/h6-7,14,16H,3-5,8-13,15H2,1-2H3. The molecule has 0 N–H and O–H groups in total. The third-order valence-corrected chi connectivity index (χ3v) is 8.86. The molecule has 0 aliphatic carbocycles. The second-order valence-electron chi connectivity index (χ2n) is 8.89. The van der Waals surface area contributed by atoms with Crippen LogP contribution in [0.4, 0.5) is 5.95 Å². The monoisotopic (exact) mass is 502 g/mol. The predicted molar refractivity (Wildman–Crippen MR) is 135 cm³/mol. The van der Waals surface area contributed by atoms with E-state index in [2.05, 4.69) is 20.2 Å². The van der Waals surface area contributed by atoms with E-state index in [9.17, 15) is 8.42 Å². The Hall–Kier alpha value is -2.34. The van der Waals surface area contributed by atoms with Gasteiger partial charge in [-0.1, -0.05) is 0 Å². The summed E-state index contributed by atoms with van der Waals surface area (Å²) in [4.78, 5) is 19.0. The number of aromatic nitrogens is 3. The average Bonchev–Trinajstić information content (AvgIpc) is 3.26. The van der Waals surface area contributed by atoms with E-state index >= 15 is 0 Å². The number of piperidine rings is 1. The van der Waals surface area contributed by atoms with Gasteiger partial charge in [-0.3, -0.25) is 4.90 Å². The molecule has 3 aromatic heterocycles. The summed E-state index contributed by atoms with van der Waals surface area (Å²) in [6, 6.07) is 3.86. The van der Waals surface area contributed by atoms with Gasteiger partial charge in [0.25, 0.3) is 0 Å². The van der Waals surface area contributed by atoms with E-state index in [1.807, 2.05) is 18.3 Å². The van der Waals surface area contributed by atoms with Crippen molar-refractivity contribution in [2.24, 2.45) is 0 Å². The molecule has 0 amide bonds. The fraction of sp³-hybridized carbons (Fsp3) is 0.522. The fourth-order valence-electron chi connectivity index (χ4n) is 4.60. The van der Waals surface area contributed by atoms with Crippen molar-refractivity contribution in [3.05, 3.63) is 29.3 Å². The summed E-state index contributed by atoms with van der Waals surface area (Å²) in [5.74, 6) is 1.35. The number of sulfonamides is 1. The summed E-state index contributed by atoms with van der Waals surface area (Å²) in [5.41, 5.74) is 3.99. The largest absolute Gasteiger partial charge is 0.481 e. The van der Waals surface area contributed by atoms with Gasteiger partial charge in [-0.25, -0.2) is 23.4 Å². The Kier molecular flexibility index (Phi) is 6.70. The first-order chi connectivity index (χ1) is 16.4. The smallest absolute Gasteiger partial charge is 0.226 e. The van der Waals surface area contributed by atoms with Crippen molar-refractivity contribution in [1.29, 1.82) is 0 Å². The highest BCUT2D eigenvalue weighted by Gasteiger charge is 2.25. The van der Waals surface area contributed by atoms with Gasteiger partial charge in [0.05, 0.1) is 29.3 Å². The number of methoxy groups -OCH3 is 1. The second-order valence-corrected chi connectivity index (χ2v) is 11.7. The summed E-state index contributed by atoms with van der Waals surface area (Å²) in [5, 5.41) is 2.17. The lowest BCUT2D eigenvalue weighted by molar-refractivity contribution is 0.183. The van der Waals surface area contributed by atoms with Gasteiger partial charge in [0, 0.05) is 69.2 Å². The quantitative estimate of drug-likeness (QED) is 0.508. The van der Waals surface area contributed by atoms with E-state index in [0.717, 1.165) is 65.5 Å². The lowest BCUT2D eigenvalue weighted by Crippen LogP contribution is -2.47. The van der Waals surface area contributed by atoms with Crippen molar-refractivity contribution in [1.82, 2.24) is 24.2 Å². The van der Waals surface area contributed by atoms with Crippen LogP contribution in [0.5, 0.6) is 5.88 Å². The van der Waals surface area contributed by atoms with Crippen LogP contribution in [0.1, 0.15) is 24.8 Å². The zero-order valence-electron chi connectivity index (χ0n) is 19.6. The number of hydrogen-bond donors (Lipinski definition) is 0. The SMILES string of the molecule is COc1ccc(-c2nc(N3CCCCC3)nc3c(CN4CCN(S(C)(=O)=O)CC4)csc23)cn1. The molecule has 5 heterocycles. The number of thiophene rings is 1. The zero-order valence-corrected chi connectivity index (χ0v) is 21.2. The molecular weight excluding hydrogens is 472 g/mol. The molecule has 9 nitrogen and oxygen atoms in total. The third kappa shape index (κ3) is 4.88. The van der Waals surface area contributed by atoms with Gasteiger partial charge >= 0.3 is 0 Å². The Morgan fingerprint density at radius 2 is 1.79 bits per heavy atom. The fourth-order valence-corrected chi connectivity index (χ4v) is 6.43. The van der Waals surface area contributed by atoms with Gasteiger partial charge in [0.1, 0.15) is 0 Å². The number of pyridine rings is 1. The van der Waals surface area contributed by atoms with Gasteiger partial charge in [-0.05, 0) is 30.7 Å². The third-order valence-electron chi connectivity index (χ3n) is 6.53. The van der Waals surface area contributed by atoms with Gasteiger partial charge in [0.2, 0.25) is 21.9 Å². The van der Waals surface area contributed by atoms with E-state index in [-0.39, 0.29) is 0 Å². The second kappa shape index (κ2) is 9.73. The first kappa shape index (κ1) is 23.4. The van der Waals surface area contributed by atoms with Crippen LogP contribution < -0.4 is 9.64 Å². The molecule has 34 heavy (non-hydrogen) atoms. The summed E-state index contributed by atoms with van der Waals surface area (Å²) < 4.78 is 31.6. The number of hydrogen-bond acceptors (Lipinski definition) is 9. The Bertz CT molecular complexity index is 1250. The number of fused-ring (bicyclic) bond motifs is 1. The minimum atomic E-state index is -3.14. The molecule has 11 heteroatoms. The van der Waals surface area contributed by atoms with Crippen LogP contribution in [0.15, 0.2) is 23.7 Å². The molecule has 0 spiro atoms. The van der Waals surface area contributed by atoms with Gasteiger partial charge in [0.15, 0.2) is 0 Å². The van der Waals surface area contributed by atoms with Gasteiger partial charge in [-0.15, -0.1) is 11.3 Å². The van der Waals surface area contributed by atoms with E-state index in [4.69, 9.17) is 14.7 Å². The van der Waals surface area contributed by atoms with Crippen molar-refractivity contribution in [2.75, 3.05) is 57.5 Å². The number of anilines is 1. The Balaban J connectivity index is 1.48. The summed E-state index contributed by atoms with van der Waals surface area (Å²) in [6.45, 7) is 5.16. The van der Waals surface area contributed by atoms with Crippen molar-refractivity contribution in [3.8, 4) is 17.1 Å². The maximum Gasteiger partial charge on any atom is 0.226 e.